The predicted molar refractivity (Wildman–Crippen MR) is 111 cm³/mol. The van der Waals surface area contributed by atoms with Crippen molar-refractivity contribution in [2.45, 2.75) is 80.8 Å². The number of aliphatic hydroxyl groups is 2. The van der Waals surface area contributed by atoms with Crippen LogP contribution in [-0.2, 0) is 56.4 Å². The molecule has 1 radical (unpaired) electrons. The second-order valence-electron chi connectivity index (χ2n) is 5.47. The largest absolute Gasteiger partial charge is 0.394 e. The van der Waals surface area contributed by atoms with Crippen molar-refractivity contribution >= 4 is 0 Å². The smallest absolute Gasteiger partial charge is 0.115 e. The Balaban J connectivity index is -0.000000353. The van der Waals surface area contributed by atoms with Gasteiger partial charge in [-0.15, -0.1) is 0 Å². The maximum absolute atomic E-state index is 9.03. The Morgan fingerprint density at radius 3 is 2.00 bits per heavy atom. The summed E-state index contributed by atoms with van der Waals surface area (Å²) in [4.78, 5) is 0. The number of aliphatic hydroxyl groups excluding tert-OH is 2. The van der Waals surface area contributed by atoms with Crippen molar-refractivity contribution in [2.24, 2.45) is 0 Å². The zero-order chi connectivity index (χ0) is 16.9. The SMILES string of the molecule is C.C.C.C.CCCOCC(OCCC)C1OCC(OCCO)C1OCCO.[Y]. The summed E-state index contributed by atoms with van der Waals surface area (Å²) in [6.45, 7) is 6.52. The minimum atomic E-state index is -0.346. The summed E-state index contributed by atoms with van der Waals surface area (Å²) < 4.78 is 28.7. The van der Waals surface area contributed by atoms with Crippen LogP contribution in [0.4, 0.5) is 0 Å². The fourth-order valence-electron chi connectivity index (χ4n) is 2.51. The van der Waals surface area contributed by atoms with Gasteiger partial charge in [0, 0.05) is 45.9 Å². The van der Waals surface area contributed by atoms with Crippen LogP contribution in [0.2, 0.25) is 0 Å². The van der Waals surface area contributed by atoms with E-state index in [0.29, 0.717) is 26.4 Å². The first kappa shape index (κ1) is 39.3. The van der Waals surface area contributed by atoms with Gasteiger partial charge in [-0.3, -0.25) is 0 Å². The van der Waals surface area contributed by atoms with Gasteiger partial charge in [0.1, 0.15) is 24.4 Å². The van der Waals surface area contributed by atoms with Crippen LogP contribution in [0.3, 0.4) is 0 Å². The zero-order valence-corrected chi connectivity index (χ0v) is 17.7. The van der Waals surface area contributed by atoms with Gasteiger partial charge in [0.2, 0.25) is 0 Å². The van der Waals surface area contributed by atoms with Gasteiger partial charge in [0.05, 0.1) is 39.6 Å². The van der Waals surface area contributed by atoms with Crippen molar-refractivity contribution in [3.05, 3.63) is 0 Å². The minimum absolute atomic E-state index is 0. The van der Waals surface area contributed by atoms with Crippen molar-refractivity contribution in [2.75, 3.05) is 52.9 Å². The van der Waals surface area contributed by atoms with E-state index in [2.05, 4.69) is 6.92 Å². The third-order valence-electron chi connectivity index (χ3n) is 3.50. The molecular weight excluding hydrogens is 441 g/mol. The molecule has 0 saturated carbocycles. The van der Waals surface area contributed by atoms with E-state index in [0.717, 1.165) is 12.8 Å². The number of ether oxygens (including phenoxy) is 5. The van der Waals surface area contributed by atoms with Crippen LogP contribution in [0, 0.1) is 0 Å². The van der Waals surface area contributed by atoms with Crippen LogP contribution < -0.4 is 0 Å². The molecule has 4 unspecified atom stereocenters. The summed E-state index contributed by atoms with van der Waals surface area (Å²) in [6, 6.07) is 0. The van der Waals surface area contributed by atoms with Crippen LogP contribution in [0.15, 0.2) is 0 Å². The quantitative estimate of drug-likeness (QED) is 0.363. The Morgan fingerprint density at radius 2 is 1.46 bits per heavy atom. The van der Waals surface area contributed by atoms with E-state index in [4.69, 9.17) is 33.9 Å². The van der Waals surface area contributed by atoms with Gasteiger partial charge >= 0.3 is 0 Å². The van der Waals surface area contributed by atoms with Crippen LogP contribution in [0.1, 0.15) is 56.4 Å². The maximum atomic E-state index is 9.03. The van der Waals surface area contributed by atoms with E-state index in [1.807, 2.05) is 6.92 Å². The molecule has 1 heterocycles. The van der Waals surface area contributed by atoms with Crippen molar-refractivity contribution in [1.29, 1.82) is 0 Å². The van der Waals surface area contributed by atoms with Gasteiger partial charge in [-0.1, -0.05) is 43.6 Å². The molecule has 28 heavy (non-hydrogen) atoms. The van der Waals surface area contributed by atoms with E-state index in [1.165, 1.54) is 0 Å². The van der Waals surface area contributed by atoms with Crippen LogP contribution in [0.5, 0.6) is 0 Å². The molecule has 0 aliphatic carbocycles. The Kier molecular flexibility index (Phi) is 36.3. The molecule has 8 heteroatoms. The average Bonchev–Trinajstić information content (AvgIpc) is 2.96. The van der Waals surface area contributed by atoms with Crippen molar-refractivity contribution in [1.82, 2.24) is 0 Å². The van der Waals surface area contributed by atoms with Gasteiger partial charge in [-0.2, -0.15) is 0 Å². The Labute approximate surface area is 199 Å². The molecule has 1 rings (SSSR count). The average molecular weight is 490 g/mol. The molecule has 0 aromatic rings. The molecule has 0 aromatic carbocycles. The van der Waals surface area contributed by atoms with Crippen LogP contribution >= 0.6 is 0 Å². The number of hydrogen-bond donors (Lipinski definition) is 2. The molecule has 1 aliphatic rings. The molecule has 2 N–H and O–H groups in total. The molecule has 7 nitrogen and oxygen atoms in total. The first-order valence-corrected chi connectivity index (χ1v) is 8.54. The fourth-order valence-corrected chi connectivity index (χ4v) is 2.51. The molecule has 0 aromatic heterocycles. The van der Waals surface area contributed by atoms with E-state index < -0.39 is 0 Å². The van der Waals surface area contributed by atoms with E-state index in [1.54, 1.807) is 0 Å². The topological polar surface area (TPSA) is 86.6 Å². The Hall–Kier alpha value is 0.824. The number of rotatable bonds is 14. The summed E-state index contributed by atoms with van der Waals surface area (Å²) in [5.41, 5.74) is 0. The van der Waals surface area contributed by atoms with E-state index in [-0.39, 0.29) is 113 Å². The maximum Gasteiger partial charge on any atom is 0.115 e. The van der Waals surface area contributed by atoms with Crippen LogP contribution in [0.25, 0.3) is 0 Å². The van der Waals surface area contributed by atoms with E-state index >= 15 is 0 Å². The standard InChI is InChI=1S/C16H32O7.4CH4.Y/c1-3-7-19-11-13(20-8-4-2)16-15(22-10-6-18)14(12-23-16)21-9-5-17;;;;;/h13-18H,3-12H2,1-2H3;4*1H4;. The molecule has 173 valence electrons. The Bertz CT molecular complexity index is 285. The summed E-state index contributed by atoms with van der Waals surface area (Å²) in [6.07, 6.45) is 0.669. The first-order valence-electron chi connectivity index (χ1n) is 8.54. The van der Waals surface area contributed by atoms with E-state index in [9.17, 15) is 0 Å². The third-order valence-corrected chi connectivity index (χ3v) is 3.50. The van der Waals surface area contributed by atoms with Crippen molar-refractivity contribution in [3.8, 4) is 0 Å². The van der Waals surface area contributed by atoms with Crippen molar-refractivity contribution < 1.29 is 66.6 Å². The monoisotopic (exact) mass is 489 g/mol. The summed E-state index contributed by atoms with van der Waals surface area (Å²) >= 11 is 0. The molecule has 1 aliphatic heterocycles. The minimum Gasteiger partial charge on any atom is -0.394 e. The fraction of sp³-hybridized carbons (Fsp3) is 1.00. The molecule has 1 fully saturated rings. The van der Waals surface area contributed by atoms with Gasteiger partial charge in [0.25, 0.3) is 0 Å². The van der Waals surface area contributed by atoms with Crippen LogP contribution in [-0.4, -0.2) is 87.5 Å². The Morgan fingerprint density at radius 1 is 0.893 bits per heavy atom. The molecule has 0 bridgehead atoms. The molecule has 1 saturated heterocycles. The predicted octanol–water partition coefficient (Wildman–Crippen LogP) is 2.90. The number of hydrogen-bond acceptors (Lipinski definition) is 7. The molecule has 0 spiro atoms. The van der Waals surface area contributed by atoms with Gasteiger partial charge < -0.3 is 33.9 Å². The van der Waals surface area contributed by atoms with Crippen molar-refractivity contribution in [3.63, 3.8) is 0 Å². The molecule has 4 atom stereocenters. The zero-order valence-electron chi connectivity index (χ0n) is 14.9. The molecule has 0 amide bonds. The normalized spacial score (nSPS) is 21.2. The summed E-state index contributed by atoms with van der Waals surface area (Å²) in [5.74, 6) is 0. The second kappa shape index (κ2) is 25.9. The second-order valence-corrected chi connectivity index (χ2v) is 5.47. The van der Waals surface area contributed by atoms with Gasteiger partial charge in [-0.05, 0) is 12.8 Å². The van der Waals surface area contributed by atoms with Gasteiger partial charge in [0.15, 0.2) is 0 Å². The first-order chi connectivity index (χ1) is 11.3. The van der Waals surface area contributed by atoms with Gasteiger partial charge in [-0.25, -0.2) is 0 Å². The third kappa shape index (κ3) is 14.8. The summed E-state index contributed by atoms with van der Waals surface area (Å²) in [7, 11) is 0. The summed E-state index contributed by atoms with van der Waals surface area (Å²) in [5, 5.41) is 18.0. The molecular formula is C20H48O7Y.